The predicted octanol–water partition coefficient (Wildman–Crippen LogP) is 10.5. The van der Waals surface area contributed by atoms with E-state index in [0.717, 1.165) is 78.5 Å². The Morgan fingerprint density at radius 1 is 0.894 bits per heavy atom. The average molecular weight is 1190 g/mol. The van der Waals surface area contributed by atoms with E-state index in [2.05, 4.69) is 90.1 Å². The number of ether oxygens (including phenoxy) is 4. The molecule has 22 heteroatoms. The molecule has 0 saturated carbocycles. The number of carbonyl (C=O) groups is 1. The molecule has 2 saturated heterocycles. The monoisotopic (exact) mass is 1190 g/mol. The molecule has 458 valence electrons. The van der Waals surface area contributed by atoms with E-state index in [0.29, 0.717) is 99.9 Å². The van der Waals surface area contributed by atoms with E-state index in [1.165, 1.54) is 43.8 Å². The van der Waals surface area contributed by atoms with Crippen LogP contribution in [0.5, 0.6) is 17.4 Å². The maximum Gasteiger partial charge on any atom is 0.246 e. The summed E-state index contributed by atoms with van der Waals surface area (Å²) in [6.45, 7) is 17.9. The summed E-state index contributed by atoms with van der Waals surface area (Å²) in [5.74, 6) is 4.27. The third-order valence-electron chi connectivity index (χ3n) is 14.0. The highest BCUT2D eigenvalue weighted by Crippen LogP contribution is 2.35. The largest absolute Gasteiger partial charge is 0.475 e. The second kappa shape index (κ2) is 36.3. The molecule has 2 aromatic carbocycles. The molecule has 1 atom stereocenters. The molecular weight excluding hydrogens is 1100 g/mol. The molecule has 1 amide bonds. The van der Waals surface area contributed by atoms with E-state index in [9.17, 15) is 4.79 Å². The summed E-state index contributed by atoms with van der Waals surface area (Å²) in [5.41, 5.74) is 14.4. The number of halogens is 1. The third-order valence-corrected chi connectivity index (χ3v) is 14.0. The number of para-hydroxylation sites is 1. The number of carbonyl (C=O) groups excluding carboxylic acids is 1. The topological polar surface area (TPSA) is 230 Å². The Balaban J connectivity index is 0.000000688. The molecule has 7 heterocycles. The van der Waals surface area contributed by atoms with Crippen LogP contribution in [-0.2, 0) is 31.5 Å². The highest BCUT2D eigenvalue weighted by atomic mass is 35.5. The number of amides is 1. The zero-order chi connectivity index (χ0) is 60.8. The van der Waals surface area contributed by atoms with Gasteiger partial charge in [0.15, 0.2) is 11.3 Å². The Kier molecular flexibility index (Phi) is 28.5. The minimum absolute atomic E-state index is 0.0270. The average Bonchev–Trinajstić information content (AvgIpc) is 2.44. The van der Waals surface area contributed by atoms with Crippen LogP contribution < -0.4 is 25.4 Å². The number of benzene rings is 2. The first-order valence-electron chi connectivity index (χ1n) is 29.3. The summed E-state index contributed by atoms with van der Waals surface area (Å²) < 4.78 is 30.9. The molecule has 0 aliphatic carbocycles. The normalized spacial score (nSPS) is 14.2. The minimum Gasteiger partial charge on any atom is -0.475 e. The number of anilines is 3. The Morgan fingerprint density at radius 2 is 1.61 bits per heavy atom. The van der Waals surface area contributed by atoms with Crippen molar-refractivity contribution in [2.24, 2.45) is 4.99 Å². The number of piperidine rings is 2. The van der Waals surface area contributed by atoms with Crippen LogP contribution >= 0.6 is 11.9 Å². The first-order chi connectivity index (χ1) is 41.4. The number of likely N-dealkylation sites (tertiary alicyclic amines) is 1. The first-order valence-corrected chi connectivity index (χ1v) is 29.7. The lowest BCUT2D eigenvalue weighted by molar-refractivity contribution is -0.127. The van der Waals surface area contributed by atoms with Gasteiger partial charge >= 0.3 is 0 Å². The number of likely N-dealkylation sites (N-methyl/N-ethyl adjacent to an activating group) is 1. The van der Waals surface area contributed by atoms with Crippen LogP contribution in [0.4, 0.5) is 17.5 Å². The number of hydrogen-bond donors (Lipinski definition) is 3. The number of allylic oxidation sites excluding steroid dienone is 2. The molecule has 85 heavy (non-hydrogen) atoms. The highest BCUT2D eigenvalue weighted by Gasteiger charge is 2.28. The SMILES string of the molecule is CCC(C=NC)=C(C)C.CCO.CCc1cnn2c(NCc3ccc(OCCOCCOCCN(C)C/C=C/C(=O)N4CCCC(n5nc(-c6ccc(Oc7ccccc7)cc6)c6c(N)ncnc65)C4)nc3)cc(N3CCCCC3)nc12.COCl. The van der Waals surface area contributed by atoms with Crippen molar-refractivity contribution in [3.8, 4) is 28.6 Å². The van der Waals surface area contributed by atoms with Gasteiger partial charge in [0.25, 0.3) is 0 Å². The van der Waals surface area contributed by atoms with Gasteiger partial charge in [0.2, 0.25) is 11.8 Å². The number of aliphatic hydroxyl groups is 1. The van der Waals surface area contributed by atoms with E-state index >= 15 is 0 Å². The lowest BCUT2D eigenvalue weighted by Gasteiger charge is -2.32. The molecule has 5 aromatic heterocycles. The maximum absolute atomic E-state index is 13.4. The molecule has 0 spiro atoms. The molecule has 21 nitrogen and oxygen atoms in total. The summed E-state index contributed by atoms with van der Waals surface area (Å²) in [6, 6.07) is 23.3. The summed E-state index contributed by atoms with van der Waals surface area (Å²) in [7, 11) is 5.20. The Morgan fingerprint density at radius 3 is 2.28 bits per heavy atom. The lowest BCUT2D eigenvalue weighted by Crippen LogP contribution is -2.40. The number of nitrogen functional groups attached to an aromatic ring is 1. The number of aromatic nitrogens is 8. The van der Waals surface area contributed by atoms with Crippen LogP contribution in [0.2, 0.25) is 0 Å². The highest BCUT2D eigenvalue weighted by molar-refractivity contribution is 6.07. The van der Waals surface area contributed by atoms with E-state index in [1.807, 2.05) is 113 Å². The zero-order valence-corrected chi connectivity index (χ0v) is 51.6. The number of nitrogens with zero attached hydrogens (tertiary/aromatic N) is 12. The van der Waals surface area contributed by atoms with Gasteiger partial charge in [-0.05, 0) is 120 Å². The van der Waals surface area contributed by atoms with Crippen molar-refractivity contribution in [3.63, 3.8) is 0 Å². The van der Waals surface area contributed by atoms with Gasteiger partial charge in [-0.3, -0.25) is 14.1 Å². The fourth-order valence-corrected chi connectivity index (χ4v) is 9.57. The van der Waals surface area contributed by atoms with E-state index < -0.39 is 0 Å². The van der Waals surface area contributed by atoms with Crippen LogP contribution in [0.3, 0.4) is 0 Å². The van der Waals surface area contributed by atoms with Gasteiger partial charge in [0.1, 0.15) is 47.6 Å². The number of nitrogens with two attached hydrogens (primary N) is 1. The molecular formula is C63H87ClN14O7. The number of pyridine rings is 1. The van der Waals surface area contributed by atoms with Crippen molar-refractivity contribution in [1.29, 1.82) is 0 Å². The standard InChI is InChI=1S/C52H63N13O5.C8H15N.C2H6O.CH3ClO/c1-3-39-35-58-65-44(32-45(59-51(39)65)62-23-8-5-9-24-62)54-33-38-16-21-46(55-34-38)69-31-30-68-29-28-67-27-26-61(2)22-11-15-47(66)63-25-10-12-41(36-63)64-52-48(50(53)56-37-57-52)49(60-64)40-17-19-43(20-18-40)70-42-13-6-4-7-14-42;1-5-8(6-9-4)7(2)3;1-2-3;1-3-2/h4,6-7,11,13-21,32,34-35,37,41,54H,3,5,8-10,12,22-31,33,36H2,1-2H3,(H2,53,56,57);6H,5H2,1-4H3;3H,2H2,1H3;1H3/b15-11+;;;. The van der Waals surface area contributed by atoms with Crippen LogP contribution in [0, 0.1) is 0 Å². The second-order valence-electron chi connectivity index (χ2n) is 20.4. The number of hydrogen-bond acceptors (Lipinski definition) is 18. The van der Waals surface area contributed by atoms with Crippen molar-refractivity contribution in [3.05, 3.63) is 126 Å². The van der Waals surface area contributed by atoms with Gasteiger partial charge < -0.3 is 49.8 Å². The van der Waals surface area contributed by atoms with Crippen molar-refractivity contribution in [1.82, 2.24) is 49.1 Å². The first kappa shape index (κ1) is 66.6. The van der Waals surface area contributed by atoms with Crippen LogP contribution in [0.25, 0.3) is 27.9 Å². The fraction of sp³-hybridized carbons (Fsp3) is 0.460. The molecule has 2 aliphatic rings. The summed E-state index contributed by atoms with van der Waals surface area (Å²) in [5, 5.41) is 21.5. The minimum atomic E-state index is -0.0705. The van der Waals surface area contributed by atoms with Gasteiger partial charge in [-0.2, -0.15) is 14.7 Å². The molecule has 2 fully saturated rings. The van der Waals surface area contributed by atoms with Crippen molar-refractivity contribution >= 4 is 58.1 Å². The van der Waals surface area contributed by atoms with Gasteiger partial charge in [-0.1, -0.05) is 49.8 Å². The Bertz CT molecular complexity index is 3160. The number of fused-ring (bicyclic) bond motifs is 2. The van der Waals surface area contributed by atoms with Crippen LogP contribution in [-0.4, -0.2) is 166 Å². The molecule has 0 radical (unpaired) electrons. The second-order valence-corrected chi connectivity index (χ2v) is 20.7. The predicted molar refractivity (Wildman–Crippen MR) is 339 cm³/mol. The summed E-state index contributed by atoms with van der Waals surface area (Å²) >= 11 is 4.50. The Labute approximate surface area is 506 Å². The van der Waals surface area contributed by atoms with Crippen molar-refractivity contribution < 1.29 is 33.1 Å². The molecule has 9 rings (SSSR count). The van der Waals surface area contributed by atoms with Gasteiger partial charge in [0.05, 0.1) is 63.0 Å². The van der Waals surface area contributed by atoms with Gasteiger partial charge in [-0.15, -0.1) is 0 Å². The van der Waals surface area contributed by atoms with Gasteiger partial charge in [0, 0.05) is 101 Å². The summed E-state index contributed by atoms with van der Waals surface area (Å²) in [6.07, 6.45) is 18.0. The maximum atomic E-state index is 13.4. The zero-order valence-electron chi connectivity index (χ0n) is 50.8. The van der Waals surface area contributed by atoms with E-state index in [1.54, 1.807) is 20.0 Å². The fourth-order valence-electron chi connectivity index (χ4n) is 9.57. The molecule has 7 aromatic rings. The molecule has 2 aliphatic heterocycles. The molecule has 1 unspecified atom stereocenters. The van der Waals surface area contributed by atoms with Gasteiger partial charge in [-0.25, -0.2) is 24.6 Å². The molecule has 0 bridgehead atoms. The van der Waals surface area contributed by atoms with Crippen LogP contribution in [0.1, 0.15) is 90.3 Å². The quantitative estimate of drug-likeness (QED) is 0.0290. The number of aliphatic hydroxyl groups excluding tert-OH is 1. The van der Waals surface area contributed by atoms with Crippen molar-refractivity contribution in [2.45, 2.75) is 92.2 Å². The number of rotatable bonds is 24. The van der Waals surface area contributed by atoms with Crippen molar-refractivity contribution in [2.75, 3.05) is 116 Å². The van der Waals surface area contributed by atoms with E-state index in [-0.39, 0.29) is 18.6 Å². The number of aryl methyl sites for hydroxylation is 1. The number of aliphatic imine (C=N–C) groups is 1. The Hall–Kier alpha value is -7.53. The summed E-state index contributed by atoms with van der Waals surface area (Å²) in [4.78, 5) is 42.1. The van der Waals surface area contributed by atoms with E-state index in [4.69, 9.17) is 39.9 Å². The smallest absolute Gasteiger partial charge is 0.246 e. The van der Waals surface area contributed by atoms with Crippen LogP contribution in [0.15, 0.2) is 120 Å². The number of nitrogens with one attached hydrogen (secondary N) is 1. The lowest BCUT2D eigenvalue weighted by atomic mass is 10.1. The third kappa shape index (κ3) is 20.6. The molecule has 4 N–H and O–H groups in total.